The summed E-state index contributed by atoms with van der Waals surface area (Å²) in [4.78, 5) is 71.1. The van der Waals surface area contributed by atoms with Gasteiger partial charge in [-0.1, -0.05) is 43.9 Å². The monoisotopic (exact) mass is 1400 g/mol. The molecule has 28 heteroatoms. The number of hydrogen-bond donors (Lipinski definition) is 2. The number of amides is 1. The topological polar surface area (TPSA) is 240 Å². The minimum Gasteiger partial charge on any atom is -0.870 e. The van der Waals surface area contributed by atoms with Gasteiger partial charge in [-0.15, -0.1) is 23.2 Å². The van der Waals surface area contributed by atoms with Crippen LogP contribution in [0.1, 0.15) is 63.2 Å². The molecule has 0 bridgehead atoms. The number of carbonyl (C=O) groups is 4. The van der Waals surface area contributed by atoms with Crippen LogP contribution in [0.4, 0.5) is 11.4 Å². The maximum absolute atomic E-state index is 12.2. The van der Waals surface area contributed by atoms with E-state index in [1.54, 1.807) is 86.0 Å². The zero-order valence-electron chi connectivity index (χ0n) is 37.0. The Morgan fingerprint density at radius 3 is 1.33 bits per heavy atom. The van der Waals surface area contributed by atoms with Gasteiger partial charge in [0.25, 0.3) is 5.91 Å². The summed E-state index contributed by atoms with van der Waals surface area (Å²) in [7, 11) is 11.8. The number of alkyl halides is 3. The Morgan fingerprint density at radius 1 is 0.727 bits per heavy atom. The van der Waals surface area contributed by atoms with Gasteiger partial charge >= 0.3 is 41.5 Å². The van der Waals surface area contributed by atoms with E-state index < -0.39 is 5.97 Å². The summed E-state index contributed by atoms with van der Waals surface area (Å²) >= 11 is 27.2. The van der Waals surface area contributed by atoms with E-state index in [-0.39, 0.29) is 70.1 Å². The third kappa shape index (κ3) is 25.9. The molecule has 0 atom stereocenters. The molecule has 0 aliphatic rings. The first-order valence-corrected chi connectivity index (χ1v) is 24.5. The average Bonchev–Trinajstić information content (AvgIpc) is 4.04. The van der Waals surface area contributed by atoms with Crippen LogP contribution < -0.4 is 39.8 Å². The number of hydrogen-bond acceptors (Lipinski definition) is 13. The van der Waals surface area contributed by atoms with Crippen molar-refractivity contribution >= 4 is 159 Å². The second-order valence-corrected chi connectivity index (χ2v) is 15.0. The minimum atomic E-state index is -0.972. The molecular weight excluding hydrogens is 1360 g/mol. The molecule has 0 aliphatic heterocycles. The number of esters is 1. The number of carbonyl (C=O) groups excluding carboxylic acids is 3. The second kappa shape index (κ2) is 41.6. The molecule has 6 rings (SSSR count). The summed E-state index contributed by atoms with van der Waals surface area (Å²) in [5.41, 5.74) is 3.45. The molecule has 0 saturated carbocycles. The van der Waals surface area contributed by atoms with Crippen LogP contribution in [0.5, 0.6) is 0 Å². The molecule has 19 nitrogen and oxygen atoms in total. The van der Waals surface area contributed by atoms with E-state index in [1.165, 1.54) is 35.2 Å². The van der Waals surface area contributed by atoms with Crippen LogP contribution in [-0.4, -0.2) is 113 Å². The van der Waals surface area contributed by atoms with Crippen LogP contribution in [0, 0.1) is 0 Å². The van der Waals surface area contributed by atoms with Gasteiger partial charge in [0, 0.05) is 60.9 Å². The first kappa shape index (κ1) is 72.7. The first-order valence-electron chi connectivity index (χ1n) is 17.3. The van der Waals surface area contributed by atoms with Gasteiger partial charge in [-0.05, 0) is 109 Å². The maximum atomic E-state index is 12.2. The molecule has 0 saturated heterocycles. The van der Waals surface area contributed by atoms with Crippen molar-refractivity contribution in [3.63, 3.8) is 0 Å². The Kier molecular flexibility index (Phi) is 45.9. The Bertz CT molecular complexity index is 2200. The first-order chi connectivity index (χ1) is 29.9. The molecule has 3 N–H and O–H groups in total. The summed E-state index contributed by atoms with van der Waals surface area (Å²) < 4.78 is 13.1. The molecule has 66 heavy (non-hydrogen) atoms. The predicted octanol–water partition coefficient (Wildman–Crippen LogP) is 7.51. The number of aromatic carboxylic acids is 1. The second-order valence-electron chi connectivity index (χ2n) is 10.6. The zero-order valence-corrected chi connectivity index (χ0v) is 50.6. The molecule has 6 aromatic rings. The Hall–Kier alpha value is -2.31. The molecule has 6 aromatic heterocycles. The SMILES string of the molecule is C.CC.CI.CN(C(=O)c1cnc(Br)n1C)c1cccnc1.CNc1cccnc1.COC(=O)c1cnc(Br)n1C.ClCCl.Cn1c(C(=O)Br)cnc1Br.Cn1c(C(=O)O)cnc1Br.[Na+].[OH-]. The molecule has 0 fully saturated rings. The van der Waals surface area contributed by atoms with Gasteiger partial charge < -0.3 is 43.8 Å². The number of methoxy groups -OCH3 is 1. The van der Waals surface area contributed by atoms with Gasteiger partial charge in [-0.3, -0.25) is 19.6 Å². The minimum absolute atomic E-state index is 0. The summed E-state index contributed by atoms with van der Waals surface area (Å²) in [5, 5.41) is 11.7. The molecule has 0 radical (unpaired) electrons. The van der Waals surface area contributed by atoms with Gasteiger partial charge in [-0.25, -0.2) is 29.5 Å². The number of nitrogens with one attached hydrogen (secondary N) is 1. The molecule has 0 aromatic carbocycles. The van der Waals surface area contributed by atoms with Crippen molar-refractivity contribution in [2.24, 2.45) is 28.2 Å². The number of rotatable bonds is 6. The van der Waals surface area contributed by atoms with Crippen molar-refractivity contribution in [1.29, 1.82) is 0 Å². The quantitative estimate of drug-likeness (QED) is 0.0540. The number of imidazole rings is 4. The third-order valence-electron chi connectivity index (χ3n) is 7.05. The smallest absolute Gasteiger partial charge is 0.870 e. The standard InChI is InChI=1S/C11H11BrN4O.C6H7BrN2O2.C6H8N2.C5H4Br2N2O.C5H5BrN2O2.C2H6.CH2Cl2.CH3I.CH4.Na.H2O/c1-15(8-4-3-5-13-6-8)10(17)9-7-14-11(12)16(9)2;1-9-4(5(10)11-2)3-8-6(9)7;1-7-6-3-2-4-8-5-6;1-9-3(4(6)10)2-8-5(9)7;1-8-3(4(9)10)2-7-5(8)6;1-2;2-1-3;1-2;;;/h3-7H,1-2H3;3H,1-2H3;2-5,7H,1H3;2H,1H3;2H,1H3,(H,9,10);1-2H3;1H2;1H3;1H4;;1H2/q;;;;;;;;;+1;/p-1. The van der Waals surface area contributed by atoms with Crippen LogP contribution >= 0.6 is 125 Å². The van der Waals surface area contributed by atoms with Crippen LogP contribution in [-0.2, 0) is 32.9 Å². The summed E-state index contributed by atoms with van der Waals surface area (Å²) in [5.74, 6) is -1.48. The van der Waals surface area contributed by atoms with E-state index in [1.807, 2.05) is 44.0 Å². The van der Waals surface area contributed by atoms with E-state index in [2.05, 4.69) is 142 Å². The van der Waals surface area contributed by atoms with Gasteiger partial charge in [-0.2, -0.15) is 0 Å². The summed E-state index contributed by atoms with van der Waals surface area (Å²) in [6, 6.07) is 7.48. The van der Waals surface area contributed by atoms with E-state index in [0.29, 0.717) is 36.0 Å². The molecule has 362 valence electrons. The Morgan fingerprint density at radius 2 is 1.09 bits per heavy atom. The molecule has 0 spiro atoms. The third-order valence-corrected chi connectivity index (χ3v) is 10.4. The van der Waals surface area contributed by atoms with Crippen LogP contribution in [0.25, 0.3) is 0 Å². The maximum Gasteiger partial charge on any atom is 1.00 e. The van der Waals surface area contributed by atoms with Crippen molar-refractivity contribution in [1.82, 2.24) is 48.2 Å². The number of ether oxygens (including phenoxy) is 1. The van der Waals surface area contributed by atoms with Crippen molar-refractivity contribution in [3.05, 3.63) is 116 Å². The zero-order chi connectivity index (χ0) is 48.8. The van der Waals surface area contributed by atoms with Crippen molar-refractivity contribution < 1.29 is 64.1 Å². The van der Waals surface area contributed by atoms with E-state index in [0.717, 1.165) is 11.4 Å². The summed E-state index contributed by atoms with van der Waals surface area (Å²) in [6.45, 7) is 4.00. The fraction of sp³-hybridized carbons (Fsp3) is 0.316. The van der Waals surface area contributed by atoms with Gasteiger partial charge in [0.1, 0.15) is 22.8 Å². The fourth-order valence-corrected chi connectivity index (χ4v) is 5.32. The molecule has 0 unspecified atom stereocenters. The summed E-state index contributed by atoms with van der Waals surface area (Å²) in [6.07, 6.45) is 12.6. The number of halogens is 8. The number of carboxylic acids is 1. The van der Waals surface area contributed by atoms with Crippen LogP contribution in [0.3, 0.4) is 0 Å². The number of carboxylic acid groups (broad SMARTS) is 1. The van der Waals surface area contributed by atoms with Crippen molar-refractivity contribution in [3.8, 4) is 0 Å². The largest absolute Gasteiger partial charge is 1.00 e. The predicted molar refractivity (Wildman–Crippen MR) is 282 cm³/mol. The van der Waals surface area contributed by atoms with Crippen LogP contribution in [0.15, 0.2) is 92.8 Å². The molecule has 1 amide bonds. The van der Waals surface area contributed by atoms with Gasteiger partial charge in [0.05, 0.1) is 54.8 Å². The van der Waals surface area contributed by atoms with Crippen LogP contribution in [0.2, 0.25) is 0 Å². The molecular formula is C38H51Br5Cl2IN12NaO7. The number of pyridine rings is 2. The van der Waals surface area contributed by atoms with Crippen molar-refractivity contribution in [2.45, 2.75) is 21.3 Å². The van der Waals surface area contributed by atoms with E-state index in [9.17, 15) is 19.2 Å². The van der Waals surface area contributed by atoms with Gasteiger partial charge in [0.15, 0.2) is 18.9 Å². The van der Waals surface area contributed by atoms with E-state index in [4.69, 9.17) is 28.3 Å². The molecule has 6 heterocycles. The Balaban J connectivity index is -0.000000229. The molecule has 0 aliphatic carbocycles. The Labute approximate surface area is 473 Å². The number of anilines is 2. The van der Waals surface area contributed by atoms with Gasteiger partial charge in [0.2, 0.25) is 4.69 Å². The van der Waals surface area contributed by atoms with E-state index >= 15 is 0 Å². The number of nitrogens with zero attached hydrogens (tertiary/aromatic N) is 11. The van der Waals surface area contributed by atoms with Crippen molar-refractivity contribution in [2.75, 3.05) is 41.7 Å². The normalized spacial score (nSPS) is 8.76. The average molecular weight is 1410 g/mol. The number of aromatic nitrogens is 10. The fourth-order valence-electron chi connectivity index (χ4n) is 3.77.